The predicted molar refractivity (Wildman–Crippen MR) is 69.0 cm³/mol. The van der Waals surface area contributed by atoms with Crippen LogP contribution >= 0.6 is 0 Å². The van der Waals surface area contributed by atoms with Crippen LogP contribution < -0.4 is 10.6 Å². The topological polar surface area (TPSA) is 50.4 Å². The molecule has 1 saturated carbocycles. The maximum atomic E-state index is 11.9. The van der Waals surface area contributed by atoms with Crippen LogP contribution in [0.3, 0.4) is 0 Å². The highest BCUT2D eigenvalue weighted by Crippen LogP contribution is 2.17. The van der Waals surface area contributed by atoms with Crippen LogP contribution in [0.1, 0.15) is 46.0 Å². The smallest absolute Gasteiger partial charge is 0.237 e. The summed E-state index contributed by atoms with van der Waals surface area (Å²) in [6.07, 6.45) is 6.20. The second kappa shape index (κ2) is 7.67. The van der Waals surface area contributed by atoms with Crippen molar-refractivity contribution >= 4 is 5.91 Å². The molecule has 0 heterocycles. The third-order valence-corrected chi connectivity index (χ3v) is 3.46. The number of hydrogen-bond acceptors (Lipinski definition) is 3. The van der Waals surface area contributed by atoms with Gasteiger partial charge in [0.25, 0.3) is 0 Å². The van der Waals surface area contributed by atoms with Crippen molar-refractivity contribution in [3.8, 4) is 0 Å². The molecule has 0 aromatic heterocycles. The lowest BCUT2D eigenvalue weighted by molar-refractivity contribution is -0.123. The van der Waals surface area contributed by atoms with E-state index in [1.807, 2.05) is 13.8 Å². The van der Waals surface area contributed by atoms with E-state index < -0.39 is 0 Å². The van der Waals surface area contributed by atoms with Gasteiger partial charge in [-0.2, -0.15) is 0 Å². The first kappa shape index (κ1) is 14.5. The van der Waals surface area contributed by atoms with Crippen molar-refractivity contribution in [1.82, 2.24) is 10.6 Å². The average Bonchev–Trinajstić information content (AvgIpc) is 2.36. The number of hydrogen-bond donors (Lipinski definition) is 2. The van der Waals surface area contributed by atoms with E-state index in [0.29, 0.717) is 12.6 Å². The van der Waals surface area contributed by atoms with Crippen molar-refractivity contribution in [3.63, 3.8) is 0 Å². The van der Waals surface area contributed by atoms with Crippen LogP contribution in [0.4, 0.5) is 0 Å². The lowest BCUT2D eigenvalue weighted by Gasteiger charge is -2.25. The van der Waals surface area contributed by atoms with Crippen LogP contribution in [0, 0.1) is 0 Å². The van der Waals surface area contributed by atoms with Crippen molar-refractivity contribution in [2.45, 2.75) is 64.1 Å². The van der Waals surface area contributed by atoms with Crippen LogP contribution in [-0.2, 0) is 9.53 Å². The second-order valence-corrected chi connectivity index (χ2v) is 5.02. The molecule has 4 heteroatoms. The van der Waals surface area contributed by atoms with Gasteiger partial charge in [-0.05, 0) is 26.7 Å². The summed E-state index contributed by atoms with van der Waals surface area (Å²) in [7, 11) is 1.68. The Bertz CT molecular complexity index is 227. The third-order valence-electron chi connectivity index (χ3n) is 3.46. The molecule has 100 valence electrons. The standard InChI is InChI=1S/C13H26N2O2/c1-10(17-3)9-14-11(2)13(16)15-12-7-5-4-6-8-12/h10-12,14H,4-9H2,1-3H3,(H,15,16). The molecule has 0 aromatic rings. The maximum Gasteiger partial charge on any atom is 0.237 e. The van der Waals surface area contributed by atoms with Crippen molar-refractivity contribution in [2.24, 2.45) is 0 Å². The Morgan fingerprint density at radius 3 is 2.53 bits per heavy atom. The highest BCUT2D eigenvalue weighted by molar-refractivity contribution is 5.81. The highest BCUT2D eigenvalue weighted by Gasteiger charge is 2.19. The molecule has 0 radical (unpaired) electrons. The van der Waals surface area contributed by atoms with Gasteiger partial charge in [0.1, 0.15) is 0 Å². The molecule has 1 amide bonds. The monoisotopic (exact) mass is 242 g/mol. The Kier molecular flexibility index (Phi) is 6.52. The summed E-state index contributed by atoms with van der Waals surface area (Å²) >= 11 is 0. The average molecular weight is 242 g/mol. The van der Waals surface area contributed by atoms with E-state index in [9.17, 15) is 4.79 Å². The minimum Gasteiger partial charge on any atom is -0.380 e. The molecule has 1 aliphatic carbocycles. The Hall–Kier alpha value is -0.610. The molecule has 0 aromatic carbocycles. The van der Waals surface area contributed by atoms with E-state index in [1.54, 1.807) is 7.11 Å². The van der Waals surface area contributed by atoms with Gasteiger partial charge in [-0.15, -0.1) is 0 Å². The van der Waals surface area contributed by atoms with Crippen molar-refractivity contribution in [3.05, 3.63) is 0 Å². The van der Waals surface area contributed by atoms with Gasteiger partial charge >= 0.3 is 0 Å². The minimum atomic E-state index is -0.144. The van der Waals surface area contributed by atoms with Crippen LogP contribution in [0.2, 0.25) is 0 Å². The SMILES string of the molecule is COC(C)CNC(C)C(=O)NC1CCCCC1. The Labute approximate surface area is 104 Å². The van der Waals surface area contributed by atoms with Gasteiger partial charge in [-0.25, -0.2) is 0 Å². The summed E-state index contributed by atoms with van der Waals surface area (Å²) in [5.41, 5.74) is 0. The summed E-state index contributed by atoms with van der Waals surface area (Å²) in [6.45, 7) is 4.59. The van der Waals surface area contributed by atoms with E-state index in [-0.39, 0.29) is 18.1 Å². The molecule has 0 bridgehead atoms. The molecule has 0 aliphatic heterocycles. The van der Waals surface area contributed by atoms with Crippen molar-refractivity contribution in [2.75, 3.05) is 13.7 Å². The molecule has 1 rings (SSSR count). The number of methoxy groups -OCH3 is 1. The first-order valence-electron chi connectivity index (χ1n) is 6.70. The first-order chi connectivity index (χ1) is 8.13. The fourth-order valence-electron chi connectivity index (χ4n) is 2.09. The molecule has 1 aliphatic rings. The molecule has 1 fully saturated rings. The van der Waals surface area contributed by atoms with E-state index >= 15 is 0 Å². The second-order valence-electron chi connectivity index (χ2n) is 5.02. The quantitative estimate of drug-likeness (QED) is 0.741. The largest absolute Gasteiger partial charge is 0.380 e. The molecular weight excluding hydrogens is 216 g/mol. The van der Waals surface area contributed by atoms with Gasteiger partial charge in [0.05, 0.1) is 12.1 Å². The van der Waals surface area contributed by atoms with E-state index in [2.05, 4.69) is 10.6 Å². The summed E-state index contributed by atoms with van der Waals surface area (Å²) in [5.74, 6) is 0.111. The van der Waals surface area contributed by atoms with E-state index in [0.717, 1.165) is 12.8 Å². The maximum absolute atomic E-state index is 11.9. The Morgan fingerprint density at radius 2 is 1.94 bits per heavy atom. The fourth-order valence-corrected chi connectivity index (χ4v) is 2.09. The van der Waals surface area contributed by atoms with Gasteiger partial charge < -0.3 is 15.4 Å². The van der Waals surface area contributed by atoms with Crippen LogP contribution in [0.5, 0.6) is 0 Å². The lowest BCUT2D eigenvalue weighted by atomic mass is 9.95. The number of nitrogens with one attached hydrogen (secondary N) is 2. The van der Waals surface area contributed by atoms with Crippen LogP contribution in [0.25, 0.3) is 0 Å². The third kappa shape index (κ3) is 5.50. The number of carbonyl (C=O) groups excluding carboxylic acids is 1. The van der Waals surface area contributed by atoms with Gasteiger partial charge in [-0.3, -0.25) is 4.79 Å². The Morgan fingerprint density at radius 1 is 1.29 bits per heavy atom. The van der Waals surface area contributed by atoms with Gasteiger partial charge in [0.2, 0.25) is 5.91 Å². The predicted octanol–water partition coefficient (Wildman–Crippen LogP) is 1.45. The van der Waals surface area contributed by atoms with E-state index in [4.69, 9.17) is 4.74 Å². The molecule has 2 unspecified atom stereocenters. The zero-order valence-corrected chi connectivity index (χ0v) is 11.3. The molecule has 2 N–H and O–H groups in total. The minimum absolute atomic E-state index is 0.111. The fraction of sp³-hybridized carbons (Fsp3) is 0.923. The first-order valence-corrected chi connectivity index (χ1v) is 6.70. The molecule has 4 nitrogen and oxygen atoms in total. The summed E-state index contributed by atoms with van der Waals surface area (Å²) in [5, 5.41) is 6.30. The number of ether oxygens (including phenoxy) is 1. The van der Waals surface area contributed by atoms with Gasteiger partial charge in [-0.1, -0.05) is 19.3 Å². The molecule has 0 spiro atoms. The lowest BCUT2D eigenvalue weighted by Crippen LogP contribution is -2.48. The highest BCUT2D eigenvalue weighted by atomic mass is 16.5. The van der Waals surface area contributed by atoms with Crippen molar-refractivity contribution < 1.29 is 9.53 Å². The zero-order chi connectivity index (χ0) is 12.7. The summed E-state index contributed by atoms with van der Waals surface area (Å²) < 4.78 is 5.14. The number of rotatable bonds is 6. The van der Waals surface area contributed by atoms with Gasteiger partial charge in [0.15, 0.2) is 0 Å². The summed E-state index contributed by atoms with van der Waals surface area (Å²) in [6, 6.07) is 0.245. The van der Waals surface area contributed by atoms with Gasteiger partial charge in [0, 0.05) is 19.7 Å². The normalized spacial score (nSPS) is 20.9. The Balaban J connectivity index is 2.21. The summed E-state index contributed by atoms with van der Waals surface area (Å²) in [4.78, 5) is 11.9. The molecular formula is C13H26N2O2. The van der Waals surface area contributed by atoms with Crippen LogP contribution in [0.15, 0.2) is 0 Å². The number of carbonyl (C=O) groups is 1. The van der Waals surface area contributed by atoms with E-state index in [1.165, 1.54) is 19.3 Å². The van der Waals surface area contributed by atoms with Crippen molar-refractivity contribution in [1.29, 1.82) is 0 Å². The molecule has 17 heavy (non-hydrogen) atoms. The number of amides is 1. The molecule has 2 atom stereocenters. The molecule has 0 saturated heterocycles. The zero-order valence-electron chi connectivity index (χ0n) is 11.3. The van der Waals surface area contributed by atoms with Crippen LogP contribution in [-0.4, -0.2) is 37.7 Å².